The minimum atomic E-state index is -0.391. The van der Waals surface area contributed by atoms with E-state index < -0.39 is 5.63 Å². The molecule has 2 aromatic carbocycles. The highest BCUT2D eigenvalue weighted by Gasteiger charge is 2.32. The van der Waals surface area contributed by atoms with Crippen molar-refractivity contribution in [2.24, 2.45) is 4.99 Å². The monoisotopic (exact) mass is 410 g/mol. The molecule has 1 aliphatic rings. The van der Waals surface area contributed by atoms with E-state index in [2.05, 4.69) is 4.99 Å². The van der Waals surface area contributed by atoms with E-state index in [1.807, 2.05) is 31.2 Å². The fourth-order valence-corrected chi connectivity index (χ4v) is 4.01. The zero-order valence-corrected chi connectivity index (χ0v) is 16.5. The van der Waals surface area contributed by atoms with Crippen LogP contribution >= 0.6 is 23.4 Å². The number of hydrogen-bond donors (Lipinski definition) is 0. The van der Waals surface area contributed by atoms with Gasteiger partial charge in [0, 0.05) is 23.0 Å². The molecule has 7 heteroatoms. The summed E-state index contributed by atoms with van der Waals surface area (Å²) < 4.78 is 5.15. The summed E-state index contributed by atoms with van der Waals surface area (Å²) in [7, 11) is 0. The number of amidine groups is 1. The van der Waals surface area contributed by atoms with Crippen LogP contribution in [-0.4, -0.2) is 22.5 Å². The van der Waals surface area contributed by atoms with E-state index in [4.69, 9.17) is 16.0 Å². The summed E-state index contributed by atoms with van der Waals surface area (Å²) in [4.78, 5) is 30.9. The second kappa shape index (κ2) is 7.66. The van der Waals surface area contributed by atoms with E-state index in [1.165, 1.54) is 17.8 Å². The molecule has 0 atom stereocenters. The third-order valence-electron chi connectivity index (χ3n) is 4.20. The molecule has 1 amide bonds. The molecule has 0 saturated carbocycles. The Labute approximate surface area is 170 Å². The van der Waals surface area contributed by atoms with Gasteiger partial charge < -0.3 is 4.42 Å². The number of rotatable bonds is 3. The minimum Gasteiger partial charge on any atom is -0.423 e. The highest BCUT2D eigenvalue weighted by Crippen LogP contribution is 2.34. The normalized spacial score (nSPS) is 17.2. The lowest BCUT2D eigenvalue weighted by atomic mass is 10.2. The van der Waals surface area contributed by atoms with Crippen molar-refractivity contribution in [1.82, 2.24) is 4.90 Å². The topological polar surface area (TPSA) is 62.9 Å². The quantitative estimate of drug-likeness (QED) is 0.446. The highest BCUT2D eigenvalue weighted by atomic mass is 35.5. The Morgan fingerprint density at radius 2 is 1.89 bits per heavy atom. The Balaban J connectivity index is 1.68. The molecule has 0 bridgehead atoms. The lowest BCUT2D eigenvalue weighted by Gasteiger charge is -2.12. The first-order valence-electron chi connectivity index (χ1n) is 8.63. The van der Waals surface area contributed by atoms with E-state index in [1.54, 1.807) is 35.2 Å². The van der Waals surface area contributed by atoms with E-state index in [0.29, 0.717) is 32.9 Å². The fourth-order valence-electron chi connectivity index (χ4n) is 2.82. The van der Waals surface area contributed by atoms with E-state index >= 15 is 0 Å². The number of halogens is 1. The summed E-state index contributed by atoms with van der Waals surface area (Å²) in [5.41, 5.74) is 1.70. The number of carbonyl (C=O) groups excluding carboxylic acids is 1. The van der Waals surface area contributed by atoms with Crippen LogP contribution < -0.4 is 5.63 Å². The van der Waals surface area contributed by atoms with Crippen LogP contribution in [-0.2, 0) is 4.79 Å². The second-order valence-corrected chi connectivity index (χ2v) is 7.53. The lowest BCUT2D eigenvalue weighted by molar-refractivity contribution is -0.122. The third-order valence-corrected chi connectivity index (χ3v) is 5.46. The van der Waals surface area contributed by atoms with Gasteiger partial charge in [-0.05, 0) is 66.7 Å². The van der Waals surface area contributed by atoms with Crippen LogP contribution in [0.25, 0.3) is 17.0 Å². The number of hydrogen-bond acceptors (Lipinski definition) is 5. The van der Waals surface area contributed by atoms with Gasteiger partial charge >= 0.3 is 5.63 Å². The zero-order valence-electron chi connectivity index (χ0n) is 14.9. The van der Waals surface area contributed by atoms with Crippen molar-refractivity contribution in [3.63, 3.8) is 0 Å². The van der Waals surface area contributed by atoms with Gasteiger partial charge in [0.15, 0.2) is 5.17 Å². The first-order chi connectivity index (χ1) is 13.5. The summed E-state index contributed by atoms with van der Waals surface area (Å²) in [5.74, 6) is -0.0759. The first kappa shape index (κ1) is 18.5. The average molecular weight is 411 g/mol. The van der Waals surface area contributed by atoms with E-state index in [-0.39, 0.29) is 5.91 Å². The molecular formula is C21H15ClN2O3S. The number of amides is 1. The summed E-state index contributed by atoms with van der Waals surface area (Å²) >= 11 is 7.26. The molecule has 5 nitrogen and oxygen atoms in total. The predicted octanol–water partition coefficient (Wildman–Crippen LogP) is 5.07. The Morgan fingerprint density at radius 3 is 2.64 bits per heavy atom. The van der Waals surface area contributed by atoms with Crippen LogP contribution in [0.3, 0.4) is 0 Å². The Morgan fingerprint density at radius 1 is 1.11 bits per heavy atom. The largest absolute Gasteiger partial charge is 0.423 e. The predicted molar refractivity (Wildman–Crippen MR) is 114 cm³/mol. The SMILES string of the molecule is CCN1C(=O)/C(=C/c2ccc(Cl)cc2)SC1=Nc1ccc2oc(=O)ccc2c1. The molecule has 4 rings (SSSR count). The maximum Gasteiger partial charge on any atom is 0.336 e. The van der Waals surface area contributed by atoms with E-state index in [0.717, 1.165) is 10.9 Å². The van der Waals surface area contributed by atoms with Gasteiger partial charge in [-0.3, -0.25) is 9.69 Å². The molecule has 1 aliphatic heterocycles. The van der Waals surface area contributed by atoms with Gasteiger partial charge in [-0.25, -0.2) is 9.79 Å². The molecule has 3 aromatic rings. The van der Waals surface area contributed by atoms with Crippen molar-refractivity contribution in [2.45, 2.75) is 6.92 Å². The molecular weight excluding hydrogens is 396 g/mol. The second-order valence-electron chi connectivity index (χ2n) is 6.08. The maximum atomic E-state index is 12.7. The van der Waals surface area contributed by atoms with Gasteiger partial charge in [-0.15, -0.1) is 0 Å². The number of aliphatic imine (C=N–C) groups is 1. The number of carbonyl (C=O) groups is 1. The molecule has 0 unspecified atom stereocenters. The lowest BCUT2D eigenvalue weighted by Crippen LogP contribution is -2.28. The fraction of sp³-hybridized carbons (Fsp3) is 0.0952. The molecule has 0 N–H and O–H groups in total. The van der Waals surface area contributed by atoms with Crippen molar-refractivity contribution in [3.8, 4) is 0 Å². The number of benzene rings is 2. The number of nitrogens with zero attached hydrogens (tertiary/aromatic N) is 2. The van der Waals surface area contributed by atoms with Crippen LogP contribution in [0.5, 0.6) is 0 Å². The third kappa shape index (κ3) is 3.74. The van der Waals surface area contributed by atoms with Crippen molar-refractivity contribution < 1.29 is 9.21 Å². The average Bonchev–Trinajstić information content (AvgIpc) is 2.98. The number of thioether (sulfide) groups is 1. The maximum absolute atomic E-state index is 12.7. The molecule has 0 aliphatic carbocycles. The number of likely N-dealkylation sites (N-methyl/N-ethyl adjacent to an activating group) is 1. The molecule has 1 aromatic heterocycles. The van der Waals surface area contributed by atoms with Crippen molar-refractivity contribution >= 4 is 57.2 Å². The summed E-state index contributed by atoms with van der Waals surface area (Å²) in [5, 5.41) is 2.04. The van der Waals surface area contributed by atoms with Crippen LogP contribution in [0.1, 0.15) is 12.5 Å². The van der Waals surface area contributed by atoms with Gasteiger partial charge in [0.05, 0.1) is 10.6 Å². The molecule has 2 heterocycles. The number of fused-ring (bicyclic) bond motifs is 1. The van der Waals surface area contributed by atoms with E-state index in [9.17, 15) is 9.59 Å². The van der Waals surface area contributed by atoms with Gasteiger partial charge in [0.2, 0.25) is 0 Å². The molecule has 28 heavy (non-hydrogen) atoms. The van der Waals surface area contributed by atoms with Gasteiger partial charge in [0.25, 0.3) is 5.91 Å². The molecule has 140 valence electrons. The standard InChI is InChI=1S/C21H15ClN2O3S/c1-2-24-20(26)18(11-13-3-6-15(22)7-4-13)28-21(24)23-16-8-9-17-14(12-16)5-10-19(25)27-17/h3-12H,2H2,1H3/b18-11-,23-21?. The van der Waals surface area contributed by atoms with Crippen molar-refractivity contribution in [2.75, 3.05) is 6.54 Å². The zero-order chi connectivity index (χ0) is 19.7. The van der Waals surface area contributed by atoms with Crippen LogP contribution in [0.4, 0.5) is 5.69 Å². The Hall–Kier alpha value is -2.83. The van der Waals surface area contributed by atoms with Crippen LogP contribution in [0.2, 0.25) is 5.02 Å². The highest BCUT2D eigenvalue weighted by molar-refractivity contribution is 8.18. The summed E-state index contributed by atoms with van der Waals surface area (Å²) in [6.45, 7) is 2.43. The molecule has 0 radical (unpaired) electrons. The van der Waals surface area contributed by atoms with Crippen molar-refractivity contribution in [3.05, 3.63) is 80.5 Å². The Kier molecular flexibility index (Phi) is 5.07. The van der Waals surface area contributed by atoms with Crippen molar-refractivity contribution in [1.29, 1.82) is 0 Å². The van der Waals surface area contributed by atoms with Crippen LogP contribution in [0.15, 0.2) is 73.7 Å². The summed E-state index contributed by atoms with van der Waals surface area (Å²) in [6, 6.07) is 15.7. The molecule has 1 saturated heterocycles. The smallest absolute Gasteiger partial charge is 0.336 e. The van der Waals surface area contributed by atoms with Gasteiger partial charge in [-0.1, -0.05) is 23.7 Å². The van der Waals surface area contributed by atoms with Crippen LogP contribution in [0, 0.1) is 0 Å². The summed E-state index contributed by atoms with van der Waals surface area (Å²) in [6.07, 6.45) is 1.84. The first-order valence-corrected chi connectivity index (χ1v) is 9.82. The molecule has 0 spiro atoms. The Bertz CT molecular complexity index is 1180. The molecule has 1 fully saturated rings. The minimum absolute atomic E-state index is 0.0759. The van der Waals surface area contributed by atoms with Gasteiger partial charge in [0.1, 0.15) is 5.58 Å². The van der Waals surface area contributed by atoms with Gasteiger partial charge in [-0.2, -0.15) is 0 Å².